The first-order valence-electron chi connectivity index (χ1n) is 6.77. The summed E-state index contributed by atoms with van der Waals surface area (Å²) in [5.74, 6) is 1.22. The zero-order valence-electron chi connectivity index (χ0n) is 12.4. The van der Waals surface area contributed by atoms with E-state index in [9.17, 15) is 4.79 Å². The maximum absolute atomic E-state index is 11.5. The third kappa shape index (κ3) is 3.34. The number of nitrogen functional groups attached to an aromatic ring is 1. The molecule has 21 heavy (non-hydrogen) atoms. The monoisotopic (exact) mass is 285 g/mol. The highest BCUT2D eigenvalue weighted by molar-refractivity contribution is 5.90. The molecule has 0 aromatic heterocycles. The van der Waals surface area contributed by atoms with E-state index in [-0.39, 0.29) is 0 Å². The Bertz CT molecular complexity index is 650. The zero-order chi connectivity index (χ0) is 15.4. The van der Waals surface area contributed by atoms with Crippen LogP contribution in [0.15, 0.2) is 42.5 Å². The first-order valence-corrected chi connectivity index (χ1v) is 6.77. The van der Waals surface area contributed by atoms with Gasteiger partial charge in [-0.15, -0.1) is 0 Å². The fraction of sp³-hybridized carbons (Fsp3) is 0.235. The molecular weight excluding hydrogens is 266 g/mol. The van der Waals surface area contributed by atoms with Gasteiger partial charge in [-0.05, 0) is 35.7 Å². The van der Waals surface area contributed by atoms with Crippen molar-refractivity contribution in [3.8, 4) is 11.5 Å². The van der Waals surface area contributed by atoms with Crippen molar-refractivity contribution >= 4 is 11.7 Å². The summed E-state index contributed by atoms with van der Waals surface area (Å²) < 4.78 is 10.6. The van der Waals surface area contributed by atoms with Crippen molar-refractivity contribution in [3.63, 3.8) is 0 Å². The first-order chi connectivity index (χ1) is 10.0. The standard InChI is InChI=1S/C17H19NO3/c1-11(2)13-6-4-5-7-15(13)21-16-9-8-12(10-14(16)18)17(19)20-3/h4-11H,18H2,1-3H3. The molecule has 0 saturated carbocycles. The molecule has 0 aliphatic rings. The molecule has 0 saturated heterocycles. The van der Waals surface area contributed by atoms with Gasteiger partial charge in [0.2, 0.25) is 0 Å². The quantitative estimate of drug-likeness (QED) is 0.682. The van der Waals surface area contributed by atoms with Crippen molar-refractivity contribution < 1.29 is 14.3 Å². The van der Waals surface area contributed by atoms with Crippen molar-refractivity contribution in [2.75, 3.05) is 12.8 Å². The summed E-state index contributed by atoms with van der Waals surface area (Å²) in [4.78, 5) is 11.5. The number of esters is 1. The summed E-state index contributed by atoms with van der Waals surface area (Å²) in [7, 11) is 1.34. The lowest BCUT2D eigenvalue weighted by Gasteiger charge is -2.15. The van der Waals surface area contributed by atoms with Crippen LogP contribution in [-0.4, -0.2) is 13.1 Å². The van der Waals surface area contributed by atoms with Crippen molar-refractivity contribution in [1.82, 2.24) is 0 Å². The van der Waals surface area contributed by atoms with E-state index < -0.39 is 5.97 Å². The minimum absolute atomic E-state index is 0.344. The van der Waals surface area contributed by atoms with Crippen LogP contribution in [0.25, 0.3) is 0 Å². The summed E-state index contributed by atoms with van der Waals surface area (Å²) in [6, 6.07) is 12.7. The SMILES string of the molecule is COC(=O)c1ccc(Oc2ccccc2C(C)C)c(N)c1. The van der Waals surface area contributed by atoms with Crippen LogP contribution in [0.5, 0.6) is 11.5 Å². The number of anilines is 1. The third-order valence-corrected chi connectivity index (χ3v) is 3.19. The van der Waals surface area contributed by atoms with Crippen LogP contribution in [0, 0.1) is 0 Å². The Morgan fingerprint density at radius 2 is 1.81 bits per heavy atom. The molecule has 110 valence electrons. The highest BCUT2D eigenvalue weighted by atomic mass is 16.5. The van der Waals surface area contributed by atoms with E-state index in [1.165, 1.54) is 7.11 Å². The predicted octanol–water partition coefficient (Wildman–Crippen LogP) is 3.97. The summed E-state index contributed by atoms with van der Waals surface area (Å²) >= 11 is 0. The van der Waals surface area contributed by atoms with Gasteiger partial charge in [-0.25, -0.2) is 4.79 Å². The van der Waals surface area contributed by atoms with Gasteiger partial charge in [-0.3, -0.25) is 0 Å². The molecule has 4 heteroatoms. The molecule has 0 spiro atoms. The molecular formula is C17H19NO3. The number of hydrogen-bond donors (Lipinski definition) is 1. The van der Waals surface area contributed by atoms with E-state index in [1.54, 1.807) is 18.2 Å². The van der Waals surface area contributed by atoms with Crippen molar-refractivity contribution in [2.45, 2.75) is 19.8 Å². The summed E-state index contributed by atoms with van der Waals surface area (Å²) in [6.45, 7) is 4.21. The molecule has 4 nitrogen and oxygen atoms in total. The second-order valence-corrected chi connectivity index (χ2v) is 5.04. The number of hydrogen-bond acceptors (Lipinski definition) is 4. The highest BCUT2D eigenvalue weighted by Crippen LogP contribution is 2.33. The van der Waals surface area contributed by atoms with E-state index in [1.807, 2.05) is 24.3 Å². The Morgan fingerprint density at radius 3 is 2.43 bits per heavy atom. The molecule has 2 N–H and O–H groups in total. The van der Waals surface area contributed by atoms with Crippen molar-refractivity contribution in [2.24, 2.45) is 0 Å². The summed E-state index contributed by atoms with van der Waals surface area (Å²) in [6.07, 6.45) is 0. The molecule has 2 aromatic carbocycles. The zero-order valence-corrected chi connectivity index (χ0v) is 12.4. The fourth-order valence-corrected chi connectivity index (χ4v) is 2.06. The van der Waals surface area contributed by atoms with E-state index in [4.69, 9.17) is 10.5 Å². The minimum Gasteiger partial charge on any atom is -0.465 e. The normalized spacial score (nSPS) is 10.5. The lowest BCUT2D eigenvalue weighted by molar-refractivity contribution is 0.0601. The van der Waals surface area contributed by atoms with E-state index >= 15 is 0 Å². The van der Waals surface area contributed by atoms with Gasteiger partial charge in [0, 0.05) is 0 Å². The van der Waals surface area contributed by atoms with Gasteiger partial charge in [-0.2, -0.15) is 0 Å². The Labute approximate surface area is 124 Å². The molecule has 0 aliphatic carbocycles. The predicted molar refractivity (Wildman–Crippen MR) is 82.8 cm³/mol. The molecule has 2 rings (SSSR count). The smallest absolute Gasteiger partial charge is 0.337 e. The number of ether oxygens (including phenoxy) is 2. The van der Waals surface area contributed by atoms with Crippen LogP contribution >= 0.6 is 0 Å². The number of para-hydroxylation sites is 1. The van der Waals surface area contributed by atoms with Gasteiger partial charge in [0.1, 0.15) is 11.5 Å². The highest BCUT2D eigenvalue weighted by Gasteiger charge is 2.12. The lowest BCUT2D eigenvalue weighted by Crippen LogP contribution is -2.03. The molecule has 0 unspecified atom stereocenters. The van der Waals surface area contributed by atoms with E-state index in [2.05, 4.69) is 18.6 Å². The number of carbonyl (C=O) groups is 1. The van der Waals surface area contributed by atoms with Crippen LogP contribution in [0.1, 0.15) is 35.7 Å². The Hall–Kier alpha value is -2.49. The third-order valence-electron chi connectivity index (χ3n) is 3.19. The first kappa shape index (κ1) is 14.9. The summed E-state index contributed by atoms with van der Waals surface area (Å²) in [5, 5.41) is 0. The van der Waals surface area contributed by atoms with Crippen LogP contribution in [-0.2, 0) is 4.74 Å². The second kappa shape index (κ2) is 6.31. The molecule has 0 bridgehead atoms. The minimum atomic E-state index is -0.421. The molecule has 2 aromatic rings. The van der Waals surface area contributed by atoms with Crippen LogP contribution < -0.4 is 10.5 Å². The van der Waals surface area contributed by atoms with Crippen LogP contribution in [0.4, 0.5) is 5.69 Å². The Balaban J connectivity index is 2.31. The maximum Gasteiger partial charge on any atom is 0.337 e. The molecule has 0 radical (unpaired) electrons. The van der Waals surface area contributed by atoms with E-state index in [0.717, 1.165) is 11.3 Å². The van der Waals surface area contributed by atoms with Gasteiger partial charge in [0.15, 0.2) is 0 Å². The van der Waals surface area contributed by atoms with E-state index in [0.29, 0.717) is 22.9 Å². The largest absolute Gasteiger partial charge is 0.465 e. The number of benzene rings is 2. The molecule has 0 atom stereocenters. The number of rotatable bonds is 4. The van der Waals surface area contributed by atoms with Crippen molar-refractivity contribution in [3.05, 3.63) is 53.6 Å². The van der Waals surface area contributed by atoms with Gasteiger partial charge in [0.25, 0.3) is 0 Å². The van der Waals surface area contributed by atoms with Crippen LogP contribution in [0.3, 0.4) is 0 Å². The number of carbonyl (C=O) groups excluding carboxylic acids is 1. The molecule has 0 aliphatic heterocycles. The van der Waals surface area contributed by atoms with Gasteiger partial charge < -0.3 is 15.2 Å². The molecule has 0 heterocycles. The van der Waals surface area contributed by atoms with Crippen molar-refractivity contribution in [1.29, 1.82) is 0 Å². The Kier molecular flexibility index (Phi) is 4.48. The fourth-order valence-electron chi connectivity index (χ4n) is 2.06. The molecule has 0 amide bonds. The number of nitrogens with two attached hydrogens (primary N) is 1. The van der Waals surface area contributed by atoms with Gasteiger partial charge in [0.05, 0.1) is 18.4 Å². The van der Waals surface area contributed by atoms with Gasteiger partial charge >= 0.3 is 5.97 Å². The average Bonchev–Trinajstić information content (AvgIpc) is 2.48. The second-order valence-electron chi connectivity index (χ2n) is 5.04. The average molecular weight is 285 g/mol. The van der Waals surface area contributed by atoms with Crippen LogP contribution in [0.2, 0.25) is 0 Å². The molecule has 0 fully saturated rings. The summed E-state index contributed by atoms with van der Waals surface area (Å²) in [5.41, 5.74) is 7.86. The maximum atomic E-state index is 11.5. The lowest BCUT2D eigenvalue weighted by atomic mass is 10.0. The number of methoxy groups -OCH3 is 1. The Morgan fingerprint density at radius 1 is 1.10 bits per heavy atom. The topological polar surface area (TPSA) is 61.5 Å². The van der Waals surface area contributed by atoms with Gasteiger partial charge in [-0.1, -0.05) is 32.0 Å².